The van der Waals surface area contributed by atoms with Crippen molar-refractivity contribution in [2.75, 3.05) is 26.2 Å². The molecule has 1 aliphatic rings. The Kier molecular flexibility index (Phi) is 5.27. The Morgan fingerprint density at radius 1 is 1.29 bits per heavy atom. The van der Waals surface area contributed by atoms with Gasteiger partial charge in [-0.05, 0) is 37.6 Å². The largest absolute Gasteiger partial charge is 0.459 e. The Bertz CT molecular complexity index is 674. The first-order valence-electron chi connectivity index (χ1n) is 8.10. The minimum Gasteiger partial charge on any atom is -0.459 e. The van der Waals surface area contributed by atoms with Crippen molar-refractivity contribution >= 4 is 11.8 Å². The van der Waals surface area contributed by atoms with E-state index in [4.69, 9.17) is 4.42 Å². The van der Waals surface area contributed by atoms with Crippen LogP contribution in [0, 0.1) is 0 Å². The molecule has 0 radical (unpaired) electrons. The summed E-state index contributed by atoms with van der Waals surface area (Å²) < 4.78 is 6.83. The van der Waals surface area contributed by atoms with Gasteiger partial charge in [-0.2, -0.15) is 5.10 Å². The third-order valence-electron chi connectivity index (χ3n) is 3.93. The molecule has 0 aliphatic carbocycles. The summed E-state index contributed by atoms with van der Waals surface area (Å²) in [5.74, 6) is -0.297. The standard InChI is InChI=1S/C16H21N5O3/c22-15(18-7-8-19-16(23)14-4-2-10-24-14)13-5-9-21(20-13)12-3-1-6-17-11-12/h2,4-5,9-10,12,17H,1,3,6-8,11H2,(H,18,22)(H,19,23). The molecule has 1 saturated heterocycles. The van der Waals surface area contributed by atoms with Gasteiger partial charge in [-0.3, -0.25) is 14.3 Å². The fraction of sp³-hybridized carbons (Fsp3) is 0.438. The average Bonchev–Trinajstić information content (AvgIpc) is 3.31. The van der Waals surface area contributed by atoms with Crippen molar-refractivity contribution < 1.29 is 14.0 Å². The average molecular weight is 331 g/mol. The second-order valence-electron chi connectivity index (χ2n) is 5.67. The Labute approximate surface area is 139 Å². The van der Waals surface area contributed by atoms with E-state index in [9.17, 15) is 9.59 Å². The number of nitrogens with zero attached hydrogens (tertiary/aromatic N) is 2. The molecule has 8 heteroatoms. The van der Waals surface area contributed by atoms with Gasteiger partial charge in [-0.15, -0.1) is 0 Å². The number of piperidine rings is 1. The van der Waals surface area contributed by atoms with E-state index in [-0.39, 0.29) is 17.6 Å². The molecule has 3 N–H and O–H groups in total. The van der Waals surface area contributed by atoms with E-state index in [1.54, 1.807) is 18.2 Å². The number of rotatable bonds is 6. The summed E-state index contributed by atoms with van der Waals surface area (Å²) in [4.78, 5) is 23.7. The quantitative estimate of drug-likeness (QED) is 0.672. The highest BCUT2D eigenvalue weighted by molar-refractivity contribution is 5.92. The number of hydrogen-bond donors (Lipinski definition) is 3. The second kappa shape index (κ2) is 7.78. The molecule has 0 spiro atoms. The number of hydrogen-bond acceptors (Lipinski definition) is 5. The van der Waals surface area contributed by atoms with Crippen LogP contribution in [0.2, 0.25) is 0 Å². The Hall–Kier alpha value is -2.61. The Morgan fingerprint density at radius 3 is 2.83 bits per heavy atom. The van der Waals surface area contributed by atoms with E-state index >= 15 is 0 Å². The van der Waals surface area contributed by atoms with Gasteiger partial charge in [0, 0.05) is 25.8 Å². The van der Waals surface area contributed by atoms with Crippen LogP contribution in [0.1, 0.15) is 39.9 Å². The molecule has 1 fully saturated rings. The zero-order valence-corrected chi connectivity index (χ0v) is 13.3. The fourth-order valence-corrected chi connectivity index (χ4v) is 2.66. The first kappa shape index (κ1) is 16.3. The SMILES string of the molecule is O=C(NCCNC(=O)c1ccco1)c1ccn(C2CCCNC2)n1. The minimum absolute atomic E-state index is 0.246. The lowest BCUT2D eigenvalue weighted by Crippen LogP contribution is -2.35. The predicted molar refractivity (Wildman–Crippen MR) is 86.7 cm³/mol. The van der Waals surface area contributed by atoms with Crippen LogP contribution in [0.15, 0.2) is 35.1 Å². The molecular weight excluding hydrogens is 310 g/mol. The molecular formula is C16H21N5O3. The predicted octanol–water partition coefficient (Wildman–Crippen LogP) is 0.560. The molecule has 24 heavy (non-hydrogen) atoms. The van der Waals surface area contributed by atoms with Crippen LogP contribution >= 0.6 is 0 Å². The summed E-state index contributed by atoms with van der Waals surface area (Å²) in [6.07, 6.45) is 5.45. The maximum absolute atomic E-state index is 12.1. The Balaban J connectivity index is 1.42. The van der Waals surface area contributed by atoms with Gasteiger partial charge >= 0.3 is 0 Å². The third-order valence-corrected chi connectivity index (χ3v) is 3.93. The molecule has 3 rings (SSSR count). The highest BCUT2D eigenvalue weighted by atomic mass is 16.3. The van der Waals surface area contributed by atoms with E-state index in [0.717, 1.165) is 25.9 Å². The molecule has 1 aliphatic heterocycles. The first-order chi connectivity index (χ1) is 11.7. The lowest BCUT2D eigenvalue weighted by atomic mass is 10.1. The molecule has 128 valence electrons. The van der Waals surface area contributed by atoms with Crippen molar-refractivity contribution in [3.8, 4) is 0 Å². The van der Waals surface area contributed by atoms with Crippen LogP contribution in [0.3, 0.4) is 0 Å². The van der Waals surface area contributed by atoms with Crippen molar-refractivity contribution in [1.29, 1.82) is 0 Å². The molecule has 2 aromatic rings. The van der Waals surface area contributed by atoms with Gasteiger partial charge in [-0.25, -0.2) is 0 Å². The van der Waals surface area contributed by atoms with E-state index in [1.807, 2.05) is 10.9 Å². The molecule has 3 heterocycles. The van der Waals surface area contributed by atoms with E-state index in [2.05, 4.69) is 21.0 Å². The van der Waals surface area contributed by atoms with Gasteiger partial charge < -0.3 is 20.4 Å². The number of amides is 2. The number of carbonyl (C=O) groups excluding carboxylic acids is 2. The smallest absolute Gasteiger partial charge is 0.287 e. The second-order valence-corrected chi connectivity index (χ2v) is 5.67. The topological polar surface area (TPSA) is 101 Å². The van der Waals surface area contributed by atoms with E-state index < -0.39 is 0 Å². The van der Waals surface area contributed by atoms with Crippen molar-refractivity contribution in [3.05, 3.63) is 42.1 Å². The van der Waals surface area contributed by atoms with Crippen LogP contribution in [0.5, 0.6) is 0 Å². The van der Waals surface area contributed by atoms with Gasteiger partial charge in [-0.1, -0.05) is 0 Å². The van der Waals surface area contributed by atoms with Gasteiger partial charge in [0.25, 0.3) is 11.8 Å². The monoisotopic (exact) mass is 331 g/mol. The summed E-state index contributed by atoms with van der Waals surface area (Å²) in [5, 5.41) is 13.1. The van der Waals surface area contributed by atoms with Crippen molar-refractivity contribution in [2.45, 2.75) is 18.9 Å². The van der Waals surface area contributed by atoms with E-state index in [1.165, 1.54) is 6.26 Å². The molecule has 0 aromatic carbocycles. The Morgan fingerprint density at radius 2 is 2.12 bits per heavy atom. The summed E-state index contributed by atoms with van der Waals surface area (Å²) in [6.45, 7) is 2.55. The molecule has 2 aromatic heterocycles. The number of nitrogens with one attached hydrogen (secondary N) is 3. The van der Waals surface area contributed by atoms with Crippen LogP contribution in [-0.4, -0.2) is 47.8 Å². The van der Waals surface area contributed by atoms with Crippen LogP contribution in [0.4, 0.5) is 0 Å². The van der Waals surface area contributed by atoms with Crippen molar-refractivity contribution in [1.82, 2.24) is 25.7 Å². The lowest BCUT2D eigenvalue weighted by molar-refractivity contribution is 0.0909. The molecule has 0 bridgehead atoms. The van der Waals surface area contributed by atoms with Gasteiger partial charge in [0.05, 0.1) is 12.3 Å². The summed E-state index contributed by atoms with van der Waals surface area (Å²) >= 11 is 0. The number of aromatic nitrogens is 2. The zero-order chi connectivity index (χ0) is 16.8. The van der Waals surface area contributed by atoms with Crippen molar-refractivity contribution in [2.24, 2.45) is 0 Å². The molecule has 1 atom stereocenters. The third kappa shape index (κ3) is 4.02. The molecule has 8 nitrogen and oxygen atoms in total. The molecule has 1 unspecified atom stereocenters. The summed E-state index contributed by atoms with van der Waals surface area (Å²) in [7, 11) is 0. The van der Waals surface area contributed by atoms with Crippen LogP contribution in [0.25, 0.3) is 0 Å². The lowest BCUT2D eigenvalue weighted by Gasteiger charge is -2.22. The summed E-state index contributed by atoms with van der Waals surface area (Å²) in [6, 6.07) is 5.24. The molecule has 2 amide bonds. The van der Waals surface area contributed by atoms with Gasteiger partial charge in [0.1, 0.15) is 5.69 Å². The highest BCUT2D eigenvalue weighted by Crippen LogP contribution is 2.15. The van der Waals surface area contributed by atoms with Crippen molar-refractivity contribution in [3.63, 3.8) is 0 Å². The maximum Gasteiger partial charge on any atom is 0.287 e. The minimum atomic E-state index is -0.302. The normalized spacial score (nSPS) is 17.4. The van der Waals surface area contributed by atoms with Gasteiger partial charge in [0.2, 0.25) is 0 Å². The zero-order valence-electron chi connectivity index (χ0n) is 13.3. The maximum atomic E-state index is 12.1. The van der Waals surface area contributed by atoms with Crippen LogP contribution < -0.4 is 16.0 Å². The van der Waals surface area contributed by atoms with E-state index in [0.29, 0.717) is 24.8 Å². The fourth-order valence-electron chi connectivity index (χ4n) is 2.66. The van der Waals surface area contributed by atoms with Crippen LogP contribution in [-0.2, 0) is 0 Å². The number of carbonyl (C=O) groups is 2. The first-order valence-corrected chi connectivity index (χ1v) is 8.10. The highest BCUT2D eigenvalue weighted by Gasteiger charge is 2.17. The number of furan rings is 1. The summed E-state index contributed by atoms with van der Waals surface area (Å²) in [5.41, 5.74) is 0.387. The van der Waals surface area contributed by atoms with Gasteiger partial charge in [0.15, 0.2) is 5.76 Å². The molecule has 0 saturated carbocycles.